The zero-order chi connectivity index (χ0) is 81.6. The van der Waals surface area contributed by atoms with E-state index >= 15 is 0 Å². The van der Waals surface area contributed by atoms with Gasteiger partial charge in [-0.3, -0.25) is 57.5 Å². The van der Waals surface area contributed by atoms with Gasteiger partial charge in [0.2, 0.25) is 0 Å². The molecule has 0 spiro atoms. The zero-order valence-corrected chi connectivity index (χ0v) is 64.9. The van der Waals surface area contributed by atoms with Gasteiger partial charge >= 0.3 is 71.6 Å². The molecule has 0 radical (unpaired) electrons. The predicted molar refractivity (Wildman–Crippen MR) is 372 cm³/mol. The second-order valence-electron chi connectivity index (χ2n) is 27.2. The van der Waals surface area contributed by atoms with Crippen LogP contribution in [0.4, 0.5) is 0 Å². The van der Waals surface area contributed by atoms with Gasteiger partial charge in [0.15, 0.2) is 34.7 Å². The minimum absolute atomic E-state index is 0.0424. The average molecular weight is 1560 g/mol. The Hall–Kier alpha value is -6.84. The van der Waals surface area contributed by atoms with Crippen LogP contribution in [0.25, 0.3) is 0 Å². The van der Waals surface area contributed by atoms with Gasteiger partial charge in [-0.15, -0.1) is 0 Å². The van der Waals surface area contributed by atoms with E-state index in [2.05, 4.69) is 0 Å². The third kappa shape index (κ3) is 46.6. The molecule has 108 heavy (non-hydrogen) atoms. The molecule has 0 amide bonds. The quantitative estimate of drug-likeness (QED) is 0.0249. The molecule has 0 aromatic carbocycles. The lowest BCUT2D eigenvalue weighted by molar-refractivity contribution is -0.180. The van der Waals surface area contributed by atoms with Gasteiger partial charge in [0.25, 0.3) is 0 Å². The van der Waals surface area contributed by atoms with Gasteiger partial charge < -0.3 is 116 Å². The number of esters is 6. The number of hydrogen-bond donors (Lipinski definition) is 6. The highest BCUT2D eigenvalue weighted by Crippen LogP contribution is 2.36. The van der Waals surface area contributed by atoms with E-state index in [1.165, 1.54) is 0 Å². The molecule has 36 heteroatoms. The maximum absolute atomic E-state index is 11.6. The molecule has 6 fully saturated rings. The average Bonchev–Trinajstić information content (AvgIpc) is 1.62. The zero-order valence-electron chi connectivity index (χ0n) is 64.9. The highest BCUT2D eigenvalue weighted by atomic mass is 16.8. The molecule has 0 bridgehead atoms. The van der Waals surface area contributed by atoms with Crippen molar-refractivity contribution in [1.82, 2.24) is 0 Å². The predicted octanol–water partition coefficient (Wildman–Crippen LogP) is 7.96. The van der Waals surface area contributed by atoms with Crippen molar-refractivity contribution in [1.29, 1.82) is 0 Å². The first-order valence-corrected chi connectivity index (χ1v) is 36.8. The molecule has 624 valence electrons. The van der Waals surface area contributed by atoms with Crippen LogP contribution in [0.5, 0.6) is 0 Å². The monoisotopic (exact) mass is 1560 g/mol. The van der Waals surface area contributed by atoms with Crippen LogP contribution in [-0.2, 0) is 143 Å². The molecule has 6 heterocycles. The van der Waals surface area contributed by atoms with Gasteiger partial charge in [0, 0.05) is 77.0 Å². The molecule has 0 atom stereocenters. The normalized spacial score (nSPS) is 17.9. The number of carbonyl (C=O) groups is 12. The van der Waals surface area contributed by atoms with Crippen LogP contribution in [-0.4, -0.2) is 253 Å². The smallest absolute Gasteiger partial charge is 0.306 e. The third-order valence-corrected chi connectivity index (χ3v) is 15.7. The van der Waals surface area contributed by atoms with Crippen LogP contribution in [0, 0.1) is 0 Å². The molecule has 0 saturated carbocycles. The molecule has 0 aromatic heterocycles. The summed E-state index contributed by atoms with van der Waals surface area (Å²) in [6.07, 6.45) is 3.30. The van der Waals surface area contributed by atoms with Crippen LogP contribution in [0.1, 0.15) is 237 Å². The Labute approximate surface area is 630 Å². The minimum atomic E-state index is -1.00. The van der Waals surface area contributed by atoms with E-state index in [0.717, 1.165) is 0 Å². The van der Waals surface area contributed by atoms with Gasteiger partial charge in [-0.2, -0.15) is 0 Å². The van der Waals surface area contributed by atoms with E-state index < -0.39 is 70.5 Å². The van der Waals surface area contributed by atoms with Crippen molar-refractivity contribution in [3.05, 3.63) is 0 Å². The molecule has 6 saturated heterocycles. The van der Waals surface area contributed by atoms with Crippen molar-refractivity contribution in [3.8, 4) is 0 Å². The first-order valence-electron chi connectivity index (χ1n) is 36.8. The lowest BCUT2D eigenvalue weighted by Crippen LogP contribution is -2.32. The Morgan fingerprint density at radius 1 is 0.204 bits per heavy atom. The van der Waals surface area contributed by atoms with Crippen LogP contribution < -0.4 is 0 Å². The lowest BCUT2D eigenvalue weighted by Gasteiger charge is -2.27. The number of ether oxygens (including phenoxy) is 18. The highest BCUT2D eigenvalue weighted by Gasteiger charge is 2.43. The van der Waals surface area contributed by atoms with Gasteiger partial charge in [-0.1, -0.05) is 0 Å². The summed E-state index contributed by atoms with van der Waals surface area (Å²) in [5.41, 5.74) is 0. The van der Waals surface area contributed by atoms with Crippen LogP contribution in [0.3, 0.4) is 0 Å². The van der Waals surface area contributed by atoms with Gasteiger partial charge in [-0.25, -0.2) is 0 Å². The fourth-order valence-corrected chi connectivity index (χ4v) is 10.9. The molecule has 0 aliphatic carbocycles. The number of rotatable bonds is 42. The van der Waals surface area contributed by atoms with Crippen molar-refractivity contribution < 1.29 is 173 Å². The number of carboxylic acids is 6. The third-order valence-electron chi connectivity index (χ3n) is 15.7. The summed E-state index contributed by atoms with van der Waals surface area (Å²) in [7, 11) is 0. The summed E-state index contributed by atoms with van der Waals surface area (Å²) in [6.45, 7) is 26.7. The van der Waals surface area contributed by atoms with Crippen molar-refractivity contribution >= 4 is 71.6 Å². The summed E-state index contributed by atoms with van der Waals surface area (Å²) in [4.78, 5) is 132. The van der Waals surface area contributed by atoms with Crippen molar-refractivity contribution in [3.63, 3.8) is 0 Å². The Morgan fingerprint density at radius 2 is 0.296 bits per heavy atom. The first-order chi connectivity index (χ1) is 50.6. The van der Waals surface area contributed by atoms with Gasteiger partial charge in [-0.05, 0) is 83.1 Å². The first kappa shape index (κ1) is 99.2. The van der Waals surface area contributed by atoms with E-state index in [1.807, 2.05) is 0 Å². The molecule has 6 aliphatic rings. The number of aliphatic carboxylic acids is 6. The van der Waals surface area contributed by atoms with Crippen molar-refractivity contribution in [2.75, 3.05) is 79.3 Å². The Morgan fingerprint density at radius 3 is 0.380 bits per heavy atom. The highest BCUT2D eigenvalue weighted by molar-refractivity contribution is 5.73. The van der Waals surface area contributed by atoms with E-state index in [0.29, 0.717) is 118 Å². The van der Waals surface area contributed by atoms with E-state index in [4.69, 9.17) is 116 Å². The number of hydrogen-bond acceptors (Lipinski definition) is 30. The van der Waals surface area contributed by atoms with Crippen LogP contribution >= 0.6 is 0 Å². The molecular formula is C72H120O36. The molecule has 0 unspecified atom stereocenters. The molecule has 6 aliphatic heterocycles. The maximum atomic E-state index is 11.6. The Balaban J connectivity index is 0.000000651. The largest absolute Gasteiger partial charge is 0.481 e. The Bertz CT molecular complexity index is 2410. The summed E-state index contributed by atoms with van der Waals surface area (Å²) >= 11 is 0. The summed E-state index contributed by atoms with van der Waals surface area (Å²) in [5, 5.41) is 51.5. The molecule has 0 aromatic rings. The summed E-state index contributed by atoms with van der Waals surface area (Å²) in [6, 6.07) is 0. The second kappa shape index (κ2) is 52.3. The van der Waals surface area contributed by atoms with E-state index in [1.54, 1.807) is 83.1 Å². The topological polar surface area (TPSA) is 492 Å². The van der Waals surface area contributed by atoms with E-state index in [-0.39, 0.29) is 188 Å². The lowest BCUT2D eigenvalue weighted by atomic mass is 10.0. The molecular weight excluding hydrogens is 1440 g/mol. The minimum Gasteiger partial charge on any atom is -0.481 e. The van der Waals surface area contributed by atoms with Crippen molar-refractivity contribution in [2.45, 2.75) is 309 Å². The fraction of sp³-hybridized carbons (Fsp3) is 0.833. The SMILES string of the molecule is CC(C)OC(=O)CCC1(CCC(=O)O)OCCO1.CC(C)OC(=O)CCC1(CCC(=O)O)OCCO1.CC(C)OC(=O)CCC1(CCC(=O)OC(C)C)OCCO1.CC(C)OC(=O)CCC1(CCC(=O)OC(C)C)OCCO1.O=C(O)CCC1(CCC(=O)O)OCCO1.O=C(O)CCC1(CCC(=O)O)OCCO1. The van der Waals surface area contributed by atoms with Gasteiger partial charge in [0.1, 0.15) is 0 Å². The number of carboxylic acid groups (broad SMARTS) is 6. The summed E-state index contributed by atoms with van der Waals surface area (Å²) in [5.74, 6) is -13.0. The van der Waals surface area contributed by atoms with Crippen molar-refractivity contribution in [2.24, 2.45) is 0 Å². The Kier molecular flexibility index (Phi) is 48.1. The van der Waals surface area contributed by atoms with Gasteiger partial charge in [0.05, 0.1) is 193 Å². The molecule has 36 nitrogen and oxygen atoms in total. The van der Waals surface area contributed by atoms with Crippen LogP contribution in [0.2, 0.25) is 0 Å². The molecule has 6 rings (SSSR count). The maximum Gasteiger partial charge on any atom is 0.306 e. The fourth-order valence-electron chi connectivity index (χ4n) is 10.9. The van der Waals surface area contributed by atoms with Crippen LogP contribution in [0.15, 0.2) is 0 Å². The standard InChI is InChI=1S/2C15H26O6.2C12H20O6.2C9H14O6/c2*1-11(2)20-13(16)5-7-15(18-9-10-19-15)8-6-14(17)21-12(3)4;2*1-9(2)18-11(15)4-6-12(5-3-10(13)14)16-7-8-17-12;2*10-7(11)1-3-9(4-2-8(12)13)14-5-6-15-9/h2*11-12H,5-10H2,1-4H3;2*9H,3-8H2,1-2H3,(H,13,14);2*1-6H2,(H,10,11)(H,12,13). The summed E-state index contributed by atoms with van der Waals surface area (Å²) < 4.78 is 95.8. The number of carbonyl (C=O) groups excluding carboxylic acids is 6. The van der Waals surface area contributed by atoms with E-state index in [9.17, 15) is 57.5 Å². The second-order valence-corrected chi connectivity index (χ2v) is 27.2. The molecule has 6 N–H and O–H groups in total.